The van der Waals surface area contributed by atoms with E-state index in [1.165, 1.54) is 5.69 Å². The summed E-state index contributed by atoms with van der Waals surface area (Å²) < 4.78 is 0. The van der Waals surface area contributed by atoms with Gasteiger partial charge in [0.15, 0.2) is 5.96 Å². The van der Waals surface area contributed by atoms with Crippen LogP contribution in [0.2, 0.25) is 0 Å². The molecule has 27 heavy (non-hydrogen) atoms. The molecule has 0 radical (unpaired) electrons. The molecule has 0 bridgehead atoms. The number of likely N-dealkylation sites (tertiary alicyclic amines) is 1. The van der Waals surface area contributed by atoms with E-state index in [0.717, 1.165) is 51.6 Å². The second kappa shape index (κ2) is 9.60. The van der Waals surface area contributed by atoms with Crippen molar-refractivity contribution >= 4 is 17.6 Å². The third kappa shape index (κ3) is 5.35. The van der Waals surface area contributed by atoms with Gasteiger partial charge in [0.2, 0.25) is 5.91 Å². The number of nitrogens with one attached hydrogen (secondary N) is 1. The van der Waals surface area contributed by atoms with Gasteiger partial charge in [0.05, 0.1) is 12.6 Å². The summed E-state index contributed by atoms with van der Waals surface area (Å²) in [4.78, 5) is 23.4. The molecule has 2 aliphatic rings. The lowest BCUT2D eigenvalue weighted by Crippen LogP contribution is -2.49. The average molecular weight is 374 g/mol. The van der Waals surface area contributed by atoms with E-state index in [0.29, 0.717) is 19.5 Å². The van der Waals surface area contributed by atoms with Crippen molar-refractivity contribution in [3.05, 3.63) is 30.3 Å². The van der Waals surface area contributed by atoms with Gasteiger partial charge < -0.3 is 25.1 Å². The Kier molecular flexibility index (Phi) is 6.92. The van der Waals surface area contributed by atoms with Gasteiger partial charge >= 0.3 is 0 Å². The van der Waals surface area contributed by atoms with E-state index in [-0.39, 0.29) is 12.0 Å². The number of hydrogen-bond acceptors (Lipinski definition) is 4. The summed E-state index contributed by atoms with van der Waals surface area (Å²) in [6, 6.07) is 10.3. The van der Waals surface area contributed by atoms with Crippen molar-refractivity contribution in [2.45, 2.75) is 25.9 Å². The largest absolute Gasteiger partial charge is 0.391 e. The number of hydrogen-bond donors (Lipinski definition) is 2. The summed E-state index contributed by atoms with van der Waals surface area (Å²) in [5.41, 5.74) is 1.22. The molecule has 0 spiro atoms. The van der Waals surface area contributed by atoms with Crippen LogP contribution in [0.5, 0.6) is 0 Å². The highest BCUT2D eigenvalue weighted by Gasteiger charge is 2.23. The molecule has 148 valence electrons. The number of guanidine groups is 1. The number of amides is 1. The summed E-state index contributed by atoms with van der Waals surface area (Å²) in [7, 11) is 0. The molecule has 3 rings (SSSR count). The molecule has 7 nitrogen and oxygen atoms in total. The fourth-order valence-corrected chi connectivity index (χ4v) is 3.63. The number of β-amino-alcohol motifs (C(OH)–C–C–N with tert-alkyl or cyclic N) is 1. The highest BCUT2D eigenvalue weighted by atomic mass is 16.3. The third-order valence-corrected chi connectivity index (χ3v) is 5.14. The number of aliphatic hydroxyl groups is 1. The van der Waals surface area contributed by atoms with Gasteiger partial charge in [0.25, 0.3) is 0 Å². The van der Waals surface area contributed by atoms with Crippen LogP contribution in [0.1, 0.15) is 19.8 Å². The van der Waals surface area contributed by atoms with Gasteiger partial charge in [0.1, 0.15) is 0 Å². The van der Waals surface area contributed by atoms with Gasteiger partial charge in [-0.25, -0.2) is 0 Å². The number of aliphatic imine (C=N–C) groups is 1. The molecule has 2 aliphatic heterocycles. The monoisotopic (exact) mass is 373 g/mol. The standard InChI is InChI=1S/C20H31N5O2/c1-2-21-20(25-11-9-18(26)16-25)22-10-8-19(27)24-14-12-23(13-15-24)17-6-4-3-5-7-17/h3-7,18,26H,2,8-16H2,1H3,(H,21,22)/t18-/m1/s1. The van der Waals surface area contributed by atoms with E-state index in [4.69, 9.17) is 0 Å². The van der Waals surface area contributed by atoms with Crippen LogP contribution in [0.15, 0.2) is 35.3 Å². The maximum atomic E-state index is 12.5. The maximum absolute atomic E-state index is 12.5. The van der Waals surface area contributed by atoms with Crippen LogP contribution in [-0.2, 0) is 4.79 Å². The van der Waals surface area contributed by atoms with Crippen LogP contribution in [0.3, 0.4) is 0 Å². The molecular weight excluding hydrogens is 342 g/mol. The lowest BCUT2D eigenvalue weighted by Gasteiger charge is -2.36. The highest BCUT2D eigenvalue weighted by molar-refractivity contribution is 5.81. The Morgan fingerprint density at radius 2 is 1.89 bits per heavy atom. The molecule has 0 unspecified atom stereocenters. The van der Waals surface area contributed by atoms with Crippen molar-refractivity contribution in [3.8, 4) is 0 Å². The predicted molar refractivity (Wildman–Crippen MR) is 108 cm³/mol. The summed E-state index contributed by atoms with van der Waals surface area (Å²) >= 11 is 0. The average Bonchev–Trinajstić information content (AvgIpc) is 3.14. The van der Waals surface area contributed by atoms with Crippen LogP contribution in [0.4, 0.5) is 5.69 Å². The minimum atomic E-state index is -0.281. The third-order valence-electron chi connectivity index (χ3n) is 5.14. The van der Waals surface area contributed by atoms with E-state index < -0.39 is 0 Å². The molecule has 0 aromatic heterocycles. The second-order valence-corrected chi connectivity index (χ2v) is 7.08. The fourth-order valence-electron chi connectivity index (χ4n) is 3.63. The lowest BCUT2D eigenvalue weighted by atomic mass is 10.2. The number of nitrogens with zero attached hydrogens (tertiary/aromatic N) is 4. The Morgan fingerprint density at radius 3 is 2.52 bits per heavy atom. The van der Waals surface area contributed by atoms with Crippen LogP contribution >= 0.6 is 0 Å². The second-order valence-electron chi connectivity index (χ2n) is 7.08. The Hall–Kier alpha value is -2.28. The van der Waals surface area contributed by atoms with Crippen molar-refractivity contribution in [2.75, 3.05) is 57.3 Å². The summed E-state index contributed by atoms with van der Waals surface area (Å²) in [5, 5.41) is 13.0. The van der Waals surface area contributed by atoms with E-state index in [1.54, 1.807) is 0 Å². The van der Waals surface area contributed by atoms with Gasteiger partial charge in [-0.2, -0.15) is 0 Å². The maximum Gasteiger partial charge on any atom is 0.224 e. The first kappa shape index (κ1) is 19.5. The first-order valence-electron chi connectivity index (χ1n) is 9.96. The molecule has 0 saturated carbocycles. The first-order chi connectivity index (χ1) is 13.2. The summed E-state index contributed by atoms with van der Waals surface area (Å²) in [6.07, 6.45) is 0.919. The van der Waals surface area contributed by atoms with Crippen molar-refractivity contribution < 1.29 is 9.90 Å². The molecule has 0 aliphatic carbocycles. The normalized spacial score (nSPS) is 20.9. The molecule has 7 heteroatoms. The van der Waals surface area contributed by atoms with E-state index >= 15 is 0 Å². The predicted octanol–water partition coefficient (Wildman–Crippen LogP) is 0.757. The number of para-hydroxylation sites is 1. The zero-order valence-corrected chi connectivity index (χ0v) is 16.2. The van der Waals surface area contributed by atoms with Crippen LogP contribution in [0.25, 0.3) is 0 Å². The van der Waals surface area contributed by atoms with Gasteiger partial charge in [-0.05, 0) is 25.5 Å². The SMILES string of the molecule is CCNC(=NCCC(=O)N1CCN(c2ccccc2)CC1)N1CC[C@@H](O)C1. The van der Waals surface area contributed by atoms with E-state index in [2.05, 4.69) is 32.2 Å². The van der Waals surface area contributed by atoms with Crippen molar-refractivity contribution in [3.63, 3.8) is 0 Å². The number of carbonyl (C=O) groups is 1. The Labute approximate surface area is 161 Å². The van der Waals surface area contributed by atoms with E-state index in [1.807, 2.05) is 30.0 Å². The Bertz CT molecular complexity index is 629. The van der Waals surface area contributed by atoms with E-state index in [9.17, 15) is 9.90 Å². The smallest absolute Gasteiger partial charge is 0.224 e. The van der Waals surface area contributed by atoms with Gasteiger partial charge in [-0.15, -0.1) is 0 Å². The topological polar surface area (TPSA) is 71.4 Å². The Balaban J connectivity index is 1.45. The molecular formula is C20H31N5O2. The summed E-state index contributed by atoms with van der Waals surface area (Å²) in [5.74, 6) is 0.972. The molecule has 2 saturated heterocycles. The molecule has 2 fully saturated rings. The lowest BCUT2D eigenvalue weighted by molar-refractivity contribution is -0.131. The van der Waals surface area contributed by atoms with Crippen LogP contribution < -0.4 is 10.2 Å². The number of piperazine rings is 1. The molecule has 1 amide bonds. The molecule has 1 aromatic carbocycles. The van der Waals surface area contributed by atoms with Crippen LogP contribution in [-0.4, -0.2) is 85.2 Å². The number of benzene rings is 1. The quantitative estimate of drug-likeness (QED) is 0.589. The van der Waals surface area contributed by atoms with Crippen molar-refractivity contribution in [2.24, 2.45) is 4.99 Å². The summed E-state index contributed by atoms with van der Waals surface area (Å²) in [6.45, 7) is 7.96. The first-order valence-corrected chi connectivity index (χ1v) is 9.96. The van der Waals surface area contributed by atoms with Crippen molar-refractivity contribution in [1.82, 2.24) is 15.1 Å². The van der Waals surface area contributed by atoms with Gasteiger partial charge in [-0.3, -0.25) is 9.79 Å². The highest BCUT2D eigenvalue weighted by Crippen LogP contribution is 2.16. The molecule has 1 atom stereocenters. The number of aliphatic hydroxyl groups excluding tert-OH is 1. The number of rotatable bonds is 5. The van der Waals surface area contributed by atoms with Gasteiger partial charge in [0, 0.05) is 57.9 Å². The number of carbonyl (C=O) groups excluding carboxylic acids is 1. The zero-order chi connectivity index (χ0) is 19.1. The molecule has 1 aromatic rings. The zero-order valence-electron chi connectivity index (χ0n) is 16.2. The fraction of sp³-hybridized carbons (Fsp3) is 0.600. The molecule has 2 N–H and O–H groups in total. The minimum Gasteiger partial charge on any atom is -0.391 e. The van der Waals surface area contributed by atoms with Crippen LogP contribution in [0, 0.1) is 0 Å². The number of anilines is 1. The van der Waals surface area contributed by atoms with Crippen molar-refractivity contribution in [1.29, 1.82) is 0 Å². The minimum absolute atomic E-state index is 0.170. The van der Waals surface area contributed by atoms with Gasteiger partial charge in [-0.1, -0.05) is 18.2 Å². The Morgan fingerprint density at radius 1 is 1.15 bits per heavy atom. The molecule has 2 heterocycles.